The van der Waals surface area contributed by atoms with Crippen molar-refractivity contribution in [3.63, 3.8) is 0 Å². The van der Waals surface area contributed by atoms with E-state index in [0.29, 0.717) is 56.8 Å². The summed E-state index contributed by atoms with van der Waals surface area (Å²) in [5, 5.41) is 2.89. The van der Waals surface area contributed by atoms with Gasteiger partial charge in [-0.15, -0.1) is 5.92 Å². The van der Waals surface area contributed by atoms with Gasteiger partial charge in [-0.05, 0) is 66.2 Å². The standard InChI is InChI=1S/C30H37F3N8O4/c1-6-7-15-40-22-24(37-26(40)39-14-10-11-18(16-39)34-27(43)45-29(2,3)4)38(5)28(44)41(25(22)42)17-21-35-20-13-9-8-12-19(20)23(36-21)30(31,32)33/h18H,8-17H2,1-5H3,(H,34,43). The van der Waals surface area contributed by atoms with Gasteiger partial charge in [-0.2, -0.15) is 18.2 Å². The van der Waals surface area contributed by atoms with Crippen LogP contribution < -0.4 is 21.5 Å². The van der Waals surface area contributed by atoms with E-state index in [1.54, 1.807) is 32.3 Å². The van der Waals surface area contributed by atoms with Gasteiger partial charge < -0.3 is 15.0 Å². The van der Waals surface area contributed by atoms with Crippen LogP contribution in [0.25, 0.3) is 11.2 Å². The Balaban J connectivity index is 1.56. The lowest BCUT2D eigenvalue weighted by atomic mass is 9.94. The number of imidazole rings is 1. The molecule has 5 rings (SSSR count). The topological polar surface area (TPSA) is 129 Å². The molecule has 1 N–H and O–H groups in total. The first-order chi connectivity index (χ1) is 21.2. The molecule has 2 aliphatic rings. The zero-order valence-corrected chi connectivity index (χ0v) is 26.0. The van der Waals surface area contributed by atoms with Crippen LogP contribution in [0.3, 0.4) is 0 Å². The van der Waals surface area contributed by atoms with Gasteiger partial charge in [-0.25, -0.2) is 19.6 Å². The molecule has 3 aromatic rings. The monoisotopic (exact) mass is 630 g/mol. The van der Waals surface area contributed by atoms with Gasteiger partial charge in [0, 0.05) is 37.4 Å². The zero-order valence-electron chi connectivity index (χ0n) is 26.0. The third-order valence-corrected chi connectivity index (χ3v) is 7.85. The fourth-order valence-electron chi connectivity index (χ4n) is 5.89. The first kappa shape index (κ1) is 32.1. The van der Waals surface area contributed by atoms with Crippen molar-refractivity contribution >= 4 is 23.2 Å². The van der Waals surface area contributed by atoms with E-state index in [1.807, 2.05) is 4.90 Å². The number of nitrogens with one attached hydrogen (secondary N) is 1. The molecular formula is C30H37F3N8O4. The molecule has 0 radical (unpaired) electrons. The van der Waals surface area contributed by atoms with E-state index in [1.165, 1.54) is 11.6 Å². The van der Waals surface area contributed by atoms with Crippen LogP contribution in [-0.4, -0.2) is 59.5 Å². The minimum atomic E-state index is -4.70. The van der Waals surface area contributed by atoms with E-state index in [4.69, 9.17) is 4.74 Å². The van der Waals surface area contributed by atoms with Crippen molar-refractivity contribution in [1.82, 2.24) is 34.0 Å². The molecule has 1 unspecified atom stereocenters. The second kappa shape index (κ2) is 12.2. The summed E-state index contributed by atoms with van der Waals surface area (Å²) < 4.78 is 50.9. The van der Waals surface area contributed by atoms with Crippen molar-refractivity contribution in [2.45, 2.75) is 97.1 Å². The maximum absolute atomic E-state index is 14.0. The molecular weight excluding hydrogens is 593 g/mol. The van der Waals surface area contributed by atoms with E-state index >= 15 is 0 Å². The second-order valence-electron chi connectivity index (χ2n) is 12.4. The molecule has 45 heavy (non-hydrogen) atoms. The number of ether oxygens (including phenoxy) is 1. The summed E-state index contributed by atoms with van der Waals surface area (Å²) in [5.41, 5.74) is -2.61. The minimum absolute atomic E-state index is 0.0734. The Morgan fingerprint density at radius 3 is 2.49 bits per heavy atom. The predicted molar refractivity (Wildman–Crippen MR) is 160 cm³/mol. The molecule has 0 spiro atoms. The number of fused-ring (bicyclic) bond motifs is 2. The van der Waals surface area contributed by atoms with Crippen molar-refractivity contribution < 1.29 is 22.7 Å². The molecule has 242 valence electrons. The Morgan fingerprint density at radius 2 is 1.80 bits per heavy atom. The number of carbonyl (C=O) groups is 1. The predicted octanol–water partition coefficient (Wildman–Crippen LogP) is 3.15. The summed E-state index contributed by atoms with van der Waals surface area (Å²) in [7, 11) is 1.45. The number of carbonyl (C=O) groups excluding carboxylic acids is 1. The summed E-state index contributed by atoms with van der Waals surface area (Å²) in [6.07, 6.45) is -1.93. The highest BCUT2D eigenvalue weighted by Crippen LogP contribution is 2.34. The Bertz CT molecular complexity index is 1810. The fraction of sp³-hybridized carbons (Fsp3) is 0.600. The van der Waals surface area contributed by atoms with E-state index in [0.717, 1.165) is 4.57 Å². The highest BCUT2D eigenvalue weighted by molar-refractivity contribution is 5.75. The highest BCUT2D eigenvalue weighted by Gasteiger charge is 2.38. The van der Waals surface area contributed by atoms with Gasteiger partial charge >= 0.3 is 18.0 Å². The maximum Gasteiger partial charge on any atom is 0.433 e. The number of alkyl halides is 3. The average Bonchev–Trinajstić information content (AvgIpc) is 3.35. The quantitative estimate of drug-likeness (QED) is 0.426. The molecule has 1 fully saturated rings. The van der Waals surface area contributed by atoms with E-state index in [9.17, 15) is 27.6 Å². The van der Waals surface area contributed by atoms with Crippen LogP contribution >= 0.6 is 0 Å². The number of aromatic nitrogens is 6. The number of hydrogen-bond acceptors (Lipinski definition) is 8. The first-order valence-electron chi connectivity index (χ1n) is 15.0. The van der Waals surface area contributed by atoms with Crippen molar-refractivity contribution in [3.05, 3.63) is 43.6 Å². The molecule has 15 heteroatoms. The molecule has 1 amide bonds. The molecule has 1 aliphatic carbocycles. The van der Waals surface area contributed by atoms with Crippen LogP contribution in [-0.2, 0) is 43.9 Å². The van der Waals surface area contributed by atoms with Gasteiger partial charge in [0.15, 0.2) is 16.9 Å². The number of aryl methyl sites for hydroxylation is 2. The second-order valence-corrected chi connectivity index (χ2v) is 12.4. The van der Waals surface area contributed by atoms with Crippen LogP contribution in [0.15, 0.2) is 9.59 Å². The molecule has 0 bridgehead atoms. The SMILES string of the molecule is CC#CCn1c(N2CCCC(NC(=O)OC(C)(C)C)C2)nc2c1c(=O)n(Cc1nc3c(c(C(F)(F)F)n1)CCCC3)c(=O)n2C. The highest BCUT2D eigenvalue weighted by atomic mass is 19.4. The van der Waals surface area contributed by atoms with Gasteiger partial charge in [-0.1, -0.05) is 5.92 Å². The number of anilines is 1. The number of nitrogens with zero attached hydrogens (tertiary/aromatic N) is 7. The summed E-state index contributed by atoms with van der Waals surface area (Å²) >= 11 is 0. The van der Waals surface area contributed by atoms with Crippen molar-refractivity contribution in [2.24, 2.45) is 7.05 Å². The van der Waals surface area contributed by atoms with Gasteiger partial charge in [0.2, 0.25) is 5.95 Å². The number of halogens is 3. The summed E-state index contributed by atoms with van der Waals surface area (Å²) in [5.74, 6) is 5.89. The molecule has 1 saturated heterocycles. The largest absolute Gasteiger partial charge is 0.444 e. The zero-order chi connectivity index (χ0) is 32.7. The summed E-state index contributed by atoms with van der Waals surface area (Å²) in [4.78, 5) is 54.7. The van der Waals surface area contributed by atoms with Gasteiger partial charge in [0.25, 0.3) is 5.56 Å². The average molecular weight is 631 g/mol. The van der Waals surface area contributed by atoms with Crippen molar-refractivity contribution in [3.8, 4) is 11.8 Å². The molecule has 0 saturated carbocycles. The van der Waals surface area contributed by atoms with Gasteiger partial charge in [0.05, 0.1) is 13.1 Å². The Hall–Kier alpha value is -4.35. The lowest BCUT2D eigenvalue weighted by molar-refractivity contribution is -0.142. The third kappa shape index (κ3) is 6.69. The van der Waals surface area contributed by atoms with Crippen LogP contribution in [0.5, 0.6) is 0 Å². The molecule has 12 nitrogen and oxygen atoms in total. The lowest BCUT2D eigenvalue weighted by Gasteiger charge is -2.34. The van der Waals surface area contributed by atoms with Crippen LogP contribution in [0.1, 0.15) is 76.2 Å². The number of hydrogen-bond donors (Lipinski definition) is 1. The summed E-state index contributed by atoms with van der Waals surface area (Å²) in [6.45, 7) is 7.46. The maximum atomic E-state index is 14.0. The molecule has 1 atom stereocenters. The van der Waals surface area contributed by atoms with E-state index in [2.05, 4.69) is 32.1 Å². The van der Waals surface area contributed by atoms with Gasteiger partial charge in [-0.3, -0.25) is 18.5 Å². The van der Waals surface area contributed by atoms with Crippen molar-refractivity contribution in [1.29, 1.82) is 0 Å². The number of piperidine rings is 1. The Kier molecular flexibility index (Phi) is 8.70. The number of rotatable bonds is 5. The normalized spacial score (nSPS) is 17.1. The first-order valence-corrected chi connectivity index (χ1v) is 15.0. The molecule has 1 aliphatic heterocycles. The van der Waals surface area contributed by atoms with Crippen molar-refractivity contribution in [2.75, 3.05) is 18.0 Å². The molecule has 4 heterocycles. The number of amides is 1. The van der Waals surface area contributed by atoms with Crippen LogP contribution in [0.4, 0.5) is 23.9 Å². The number of alkyl carbamates (subject to hydrolysis) is 1. The van der Waals surface area contributed by atoms with Gasteiger partial charge in [0.1, 0.15) is 11.4 Å². The van der Waals surface area contributed by atoms with Crippen LogP contribution in [0.2, 0.25) is 0 Å². The molecule has 0 aromatic carbocycles. The van der Waals surface area contributed by atoms with Crippen LogP contribution in [0, 0.1) is 11.8 Å². The smallest absolute Gasteiger partial charge is 0.433 e. The Labute approximate surface area is 257 Å². The molecule has 3 aromatic heterocycles. The Morgan fingerprint density at radius 1 is 1.07 bits per heavy atom. The van der Waals surface area contributed by atoms with E-state index in [-0.39, 0.29) is 41.6 Å². The third-order valence-electron chi connectivity index (χ3n) is 7.85. The fourth-order valence-corrected chi connectivity index (χ4v) is 5.89. The summed E-state index contributed by atoms with van der Waals surface area (Å²) in [6, 6.07) is -0.261. The van der Waals surface area contributed by atoms with E-state index < -0.39 is 41.4 Å². The lowest BCUT2D eigenvalue weighted by Crippen LogP contribution is -2.49. The minimum Gasteiger partial charge on any atom is -0.444 e.